The first-order valence-electron chi connectivity index (χ1n) is 11.6. The molecule has 0 amide bonds. The van der Waals surface area contributed by atoms with Crippen molar-refractivity contribution >= 4 is 11.5 Å². The van der Waals surface area contributed by atoms with Crippen molar-refractivity contribution in [2.75, 3.05) is 19.5 Å². The fraction of sp³-hybridized carbons (Fsp3) is 0.259. The van der Waals surface area contributed by atoms with E-state index in [0.717, 1.165) is 34.0 Å². The number of ether oxygens (including phenoxy) is 2. The largest absolute Gasteiger partial charge is 0.481 e. The number of anilines is 1. The van der Waals surface area contributed by atoms with Crippen LogP contribution in [0.4, 0.5) is 5.82 Å². The number of methoxy groups -OCH3 is 1. The van der Waals surface area contributed by atoms with Gasteiger partial charge in [0.05, 0.1) is 7.11 Å². The monoisotopic (exact) mass is 478 g/mol. The van der Waals surface area contributed by atoms with Crippen LogP contribution in [-0.2, 0) is 6.54 Å². The van der Waals surface area contributed by atoms with Gasteiger partial charge in [-0.1, -0.05) is 38.6 Å². The molecule has 1 unspecified atom stereocenters. The van der Waals surface area contributed by atoms with E-state index in [2.05, 4.69) is 32.6 Å². The lowest BCUT2D eigenvalue weighted by Gasteiger charge is -2.18. The van der Waals surface area contributed by atoms with Crippen LogP contribution in [0.2, 0.25) is 0 Å². The van der Waals surface area contributed by atoms with E-state index in [1.54, 1.807) is 19.5 Å². The minimum Gasteiger partial charge on any atom is -0.481 e. The Bertz CT molecular complexity index is 1160. The molecule has 0 saturated heterocycles. The van der Waals surface area contributed by atoms with Gasteiger partial charge in [-0.25, -0.2) is 15.4 Å². The molecule has 4 rings (SSSR count). The number of aromatic nitrogens is 2. The lowest BCUT2D eigenvalue weighted by Crippen LogP contribution is -2.37. The van der Waals surface area contributed by atoms with Crippen molar-refractivity contribution < 1.29 is 12.3 Å². The molecule has 1 aliphatic rings. The normalized spacial score (nSPS) is 14.1. The zero-order valence-electron chi connectivity index (χ0n) is 21.0. The van der Waals surface area contributed by atoms with Crippen LogP contribution < -0.4 is 25.5 Å². The Morgan fingerprint density at radius 1 is 1.20 bits per heavy atom. The first kappa shape index (κ1) is 25.6. The van der Waals surface area contributed by atoms with E-state index in [4.69, 9.17) is 9.47 Å². The Kier molecular flexibility index (Phi) is 9.09. The summed E-state index contributed by atoms with van der Waals surface area (Å²) in [4.78, 5) is 8.62. The second-order valence-corrected chi connectivity index (χ2v) is 7.65. The van der Waals surface area contributed by atoms with Crippen LogP contribution >= 0.6 is 0 Å². The molecule has 1 aromatic carbocycles. The van der Waals surface area contributed by atoms with E-state index >= 15 is 0 Å². The standard InChI is InChI=1S/C25H28N6O2.C2H6.2H2/c1-17-21(18(2)27-15-19-8-9-25(32-4)28-16-19)6-5-7-22(17)33-20-10-12-26-24(14-20)29-23-11-13-31(3)30-23;1-2;;/h5-14,16,23,27,30H,2,15H2,1,3-4H3,(H,26,29);1-2H3;2*1H. The maximum absolute atomic E-state index is 6.19. The van der Waals surface area contributed by atoms with E-state index in [-0.39, 0.29) is 9.02 Å². The molecule has 8 heteroatoms. The Labute approximate surface area is 210 Å². The Morgan fingerprint density at radius 2 is 2.03 bits per heavy atom. The maximum atomic E-state index is 6.19. The lowest BCUT2D eigenvalue weighted by atomic mass is 10.1. The smallest absolute Gasteiger partial charge is 0.212 e. The number of rotatable bonds is 9. The van der Waals surface area contributed by atoms with Crippen molar-refractivity contribution in [3.63, 3.8) is 0 Å². The van der Waals surface area contributed by atoms with Crippen LogP contribution in [-0.4, -0.2) is 35.3 Å². The van der Waals surface area contributed by atoms with Gasteiger partial charge in [0.1, 0.15) is 23.5 Å². The van der Waals surface area contributed by atoms with Gasteiger partial charge < -0.3 is 25.1 Å². The van der Waals surface area contributed by atoms with Crippen molar-refractivity contribution in [2.45, 2.75) is 33.5 Å². The quantitative estimate of drug-likeness (QED) is 0.368. The van der Waals surface area contributed by atoms with Gasteiger partial charge in [0, 0.05) is 64.0 Å². The topological polar surface area (TPSA) is 83.6 Å². The van der Waals surface area contributed by atoms with E-state index < -0.39 is 0 Å². The van der Waals surface area contributed by atoms with Crippen molar-refractivity contribution in [1.82, 2.24) is 25.7 Å². The summed E-state index contributed by atoms with van der Waals surface area (Å²) in [6.45, 7) is 10.8. The SMILES string of the molecule is C=C(NCc1ccc(OC)nc1)c1cccc(Oc2ccnc(NC3C=CN(C)N3)c2)c1C.CC.[HH].[HH]. The zero-order valence-corrected chi connectivity index (χ0v) is 21.0. The highest BCUT2D eigenvalue weighted by atomic mass is 16.5. The average Bonchev–Trinajstić information content (AvgIpc) is 3.30. The molecule has 0 spiro atoms. The molecule has 2 aromatic heterocycles. The van der Waals surface area contributed by atoms with E-state index in [1.807, 2.05) is 87.6 Å². The number of benzene rings is 1. The highest BCUT2D eigenvalue weighted by Crippen LogP contribution is 2.30. The van der Waals surface area contributed by atoms with Gasteiger partial charge in [0.2, 0.25) is 5.88 Å². The highest BCUT2D eigenvalue weighted by molar-refractivity contribution is 5.67. The molecule has 8 nitrogen and oxygen atoms in total. The molecular weight excluding hydrogens is 440 g/mol. The third kappa shape index (κ3) is 6.97. The first-order valence-corrected chi connectivity index (χ1v) is 11.6. The summed E-state index contributed by atoms with van der Waals surface area (Å²) in [5.74, 6) is 2.78. The molecule has 1 aliphatic heterocycles. The molecule has 3 aromatic rings. The molecule has 188 valence electrons. The summed E-state index contributed by atoms with van der Waals surface area (Å²) >= 11 is 0. The second-order valence-electron chi connectivity index (χ2n) is 7.65. The Morgan fingerprint density at radius 3 is 2.71 bits per heavy atom. The van der Waals surface area contributed by atoms with Gasteiger partial charge in [-0.3, -0.25) is 0 Å². The molecule has 0 aliphatic carbocycles. The molecule has 0 fully saturated rings. The number of hydrazine groups is 1. The molecule has 3 heterocycles. The highest BCUT2D eigenvalue weighted by Gasteiger charge is 2.13. The van der Waals surface area contributed by atoms with Gasteiger partial charge in [-0.15, -0.1) is 0 Å². The molecule has 3 N–H and O–H groups in total. The first-order chi connectivity index (χ1) is 17.0. The molecule has 35 heavy (non-hydrogen) atoms. The fourth-order valence-corrected chi connectivity index (χ4v) is 3.43. The Balaban J connectivity index is 0.00000167. The summed E-state index contributed by atoms with van der Waals surface area (Å²) in [5, 5.41) is 8.57. The fourth-order valence-electron chi connectivity index (χ4n) is 3.43. The predicted octanol–water partition coefficient (Wildman–Crippen LogP) is 5.57. The van der Waals surface area contributed by atoms with Crippen LogP contribution in [0, 0.1) is 6.92 Å². The van der Waals surface area contributed by atoms with Crippen molar-refractivity contribution in [2.24, 2.45) is 0 Å². The minimum absolute atomic E-state index is 0. The summed E-state index contributed by atoms with van der Waals surface area (Å²) in [5.41, 5.74) is 7.07. The maximum Gasteiger partial charge on any atom is 0.212 e. The molecule has 0 saturated carbocycles. The second kappa shape index (κ2) is 12.4. The van der Waals surface area contributed by atoms with Crippen LogP contribution in [0.15, 0.2) is 73.7 Å². The van der Waals surface area contributed by atoms with Gasteiger partial charge in [-0.2, -0.15) is 0 Å². The Hall–Kier alpha value is -4.04. The zero-order chi connectivity index (χ0) is 25.2. The number of nitrogens with zero attached hydrogens (tertiary/aromatic N) is 3. The lowest BCUT2D eigenvalue weighted by molar-refractivity contribution is 0.342. The van der Waals surface area contributed by atoms with Crippen molar-refractivity contribution in [3.05, 3.63) is 90.4 Å². The van der Waals surface area contributed by atoms with Crippen LogP contribution in [0.3, 0.4) is 0 Å². The molecular formula is C27H38N6O2. The summed E-state index contributed by atoms with van der Waals surface area (Å²) in [6.07, 6.45) is 7.47. The average molecular weight is 479 g/mol. The molecule has 0 bridgehead atoms. The summed E-state index contributed by atoms with van der Waals surface area (Å²) in [7, 11) is 3.55. The number of hydrogen-bond acceptors (Lipinski definition) is 8. The summed E-state index contributed by atoms with van der Waals surface area (Å²) < 4.78 is 11.3. The van der Waals surface area contributed by atoms with Crippen LogP contribution in [0.5, 0.6) is 17.4 Å². The van der Waals surface area contributed by atoms with Crippen LogP contribution in [0.1, 0.15) is 33.4 Å². The van der Waals surface area contributed by atoms with Crippen LogP contribution in [0.25, 0.3) is 5.70 Å². The van der Waals surface area contributed by atoms with E-state index in [1.165, 1.54) is 0 Å². The number of hydrogen-bond donors (Lipinski definition) is 3. The van der Waals surface area contributed by atoms with E-state index in [0.29, 0.717) is 18.2 Å². The predicted molar refractivity (Wildman–Crippen MR) is 145 cm³/mol. The minimum atomic E-state index is -0.0156. The van der Waals surface area contributed by atoms with E-state index in [9.17, 15) is 0 Å². The van der Waals surface area contributed by atoms with Gasteiger partial charge in [-0.05, 0) is 30.7 Å². The number of pyridine rings is 2. The van der Waals surface area contributed by atoms with Gasteiger partial charge >= 0.3 is 0 Å². The van der Waals surface area contributed by atoms with Crippen molar-refractivity contribution in [1.29, 1.82) is 0 Å². The molecule has 0 radical (unpaired) electrons. The van der Waals surface area contributed by atoms with Gasteiger partial charge in [0.15, 0.2) is 0 Å². The van der Waals surface area contributed by atoms with Gasteiger partial charge in [0.25, 0.3) is 0 Å². The summed E-state index contributed by atoms with van der Waals surface area (Å²) in [6, 6.07) is 13.5. The molecule has 1 atom stereocenters. The number of nitrogens with one attached hydrogen (secondary N) is 3. The van der Waals surface area contributed by atoms with Crippen molar-refractivity contribution in [3.8, 4) is 17.4 Å². The third-order valence-electron chi connectivity index (χ3n) is 5.23. The third-order valence-corrected chi connectivity index (χ3v) is 5.23.